The van der Waals surface area contributed by atoms with Gasteiger partial charge in [-0.05, 0) is 31.2 Å². The number of aryl methyl sites for hydroxylation is 1. The molecule has 0 atom stereocenters. The first-order valence-electron chi connectivity index (χ1n) is 7.30. The van der Waals surface area contributed by atoms with Crippen molar-refractivity contribution in [1.29, 1.82) is 0 Å². The van der Waals surface area contributed by atoms with Crippen molar-refractivity contribution < 1.29 is 4.42 Å². The van der Waals surface area contributed by atoms with E-state index in [0.717, 1.165) is 21.4 Å². The molecule has 0 saturated heterocycles. The molecule has 0 aliphatic rings. The SMILES string of the molecule is Cc1nn2c(=O)c(=Cc3ccc(-c4ccccc4Cl)o3)sc2nc1=O. The summed E-state index contributed by atoms with van der Waals surface area (Å²) in [4.78, 5) is 28.1. The minimum absolute atomic E-state index is 0.179. The summed E-state index contributed by atoms with van der Waals surface area (Å²) < 4.78 is 7.28. The zero-order valence-electron chi connectivity index (χ0n) is 12.9. The van der Waals surface area contributed by atoms with Crippen molar-refractivity contribution in [2.45, 2.75) is 6.92 Å². The Bertz CT molecular complexity index is 1270. The standard InChI is InChI=1S/C17H10ClN3O3S/c1-9-15(22)19-17-21(20-9)16(23)14(25-17)8-10-6-7-13(24-10)11-4-2-3-5-12(11)18/h2-8H,1H3. The molecule has 0 spiro atoms. The summed E-state index contributed by atoms with van der Waals surface area (Å²) in [6.07, 6.45) is 1.60. The van der Waals surface area contributed by atoms with Crippen molar-refractivity contribution in [1.82, 2.24) is 14.6 Å². The van der Waals surface area contributed by atoms with Gasteiger partial charge in [-0.1, -0.05) is 35.1 Å². The largest absolute Gasteiger partial charge is 0.457 e. The first-order valence-corrected chi connectivity index (χ1v) is 8.49. The van der Waals surface area contributed by atoms with Gasteiger partial charge in [0.05, 0.1) is 5.02 Å². The Balaban J connectivity index is 1.84. The maximum Gasteiger partial charge on any atom is 0.295 e. The lowest BCUT2D eigenvalue weighted by Crippen LogP contribution is -2.27. The molecule has 3 heterocycles. The highest BCUT2D eigenvalue weighted by atomic mass is 35.5. The molecule has 0 radical (unpaired) electrons. The lowest BCUT2D eigenvalue weighted by Gasteiger charge is -1.98. The van der Waals surface area contributed by atoms with Gasteiger partial charge in [-0.3, -0.25) is 9.59 Å². The third-order valence-electron chi connectivity index (χ3n) is 3.58. The van der Waals surface area contributed by atoms with Crippen molar-refractivity contribution in [3.05, 3.63) is 78.1 Å². The normalized spacial score (nSPS) is 12.2. The molecule has 1 aromatic carbocycles. The highest BCUT2D eigenvalue weighted by Crippen LogP contribution is 2.29. The van der Waals surface area contributed by atoms with Gasteiger partial charge in [-0.25, -0.2) is 0 Å². The molecule has 6 nitrogen and oxygen atoms in total. The second-order valence-electron chi connectivity index (χ2n) is 5.29. The third kappa shape index (κ3) is 2.77. The Kier molecular flexibility index (Phi) is 3.74. The van der Waals surface area contributed by atoms with Gasteiger partial charge in [0.15, 0.2) is 0 Å². The second kappa shape index (κ2) is 5.94. The molecular weight excluding hydrogens is 362 g/mol. The molecule has 0 amide bonds. The molecule has 3 aromatic heterocycles. The van der Waals surface area contributed by atoms with E-state index in [0.29, 0.717) is 21.1 Å². The van der Waals surface area contributed by atoms with Gasteiger partial charge in [0.1, 0.15) is 21.7 Å². The molecule has 0 saturated carbocycles. The monoisotopic (exact) mass is 371 g/mol. The summed E-state index contributed by atoms with van der Waals surface area (Å²) in [5, 5.41) is 4.55. The van der Waals surface area contributed by atoms with E-state index in [-0.39, 0.29) is 16.2 Å². The Morgan fingerprint density at radius 3 is 2.80 bits per heavy atom. The van der Waals surface area contributed by atoms with Gasteiger partial charge in [-0.15, -0.1) is 0 Å². The smallest absolute Gasteiger partial charge is 0.295 e. The minimum atomic E-state index is -0.438. The summed E-state index contributed by atoms with van der Waals surface area (Å²) >= 11 is 7.25. The lowest BCUT2D eigenvalue weighted by atomic mass is 10.2. The number of aromatic nitrogens is 3. The fourth-order valence-electron chi connectivity index (χ4n) is 2.35. The van der Waals surface area contributed by atoms with Gasteiger partial charge in [0.2, 0.25) is 4.96 Å². The minimum Gasteiger partial charge on any atom is -0.457 e. The second-order valence-corrected chi connectivity index (χ2v) is 6.71. The Labute approximate surface area is 149 Å². The Morgan fingerprint density at radius 2 is 2.00 bits per heavy atom. The molecule has 0 unspecified atom stereocenters. The molecule has 4 rings (SSSR count). The number of nitrogens with zero attached hydrogens (tertiary/aromatic N) is 3. The van der Waals surface area contributed by atoms with E-state index >= 15 is 0 Å². The van der Waals surface area contributed by atoms with Gasteiger partial charge < -0.3 is 4.42 Å². The van der Waals surface area contributed by atoms with Crippen LogP contribution in [0, 0.1) is 6.92 Å². The molecule has 124 valence electrons. The highest BCUT2D eigenvalue weighted by molar-refractivity contribution is 7.15. The van der Waals surface area contributed by atoms with Crippen molar-refractivity contribution in [3.8, 4) is 11.3 Å². The predicted octanol–water partition coefficient (Wildman–Crippen LogP) is 2.28. The maximum atomic E-state index is 12.4. The molecule has 0 aliphatic heterocycles. The summed E-state index contributed by atoms with van der Waals surface area (Å²) in [7, 11) is 0. The van der Waals surface area contributed by atoms with Crippen LogP contribution >= 0.6 is 22.9 Å². The number of halogens is 1. The van der Waals surface area contributed by atoms with Crippen LogP contribution < -0.4 is 15.7 Å². The maximum absolute atomic E-state index is 12.4. The summed E-state index contributed by atoms with van der Waals surface area (Å²) in [5.41, 5.74) is 0.169. The van der Waals surface area contributed by atoms with E-state index in [4.69, 9.17) is 16.0 Å². The summed E-state index contributed by atoms with van der Waals surface area (Å²) in [6.45, 7) is 1.52. The van der Waals surface area contributed by atoms with Crippen LogP contribution in [-0.2, 0) is 0 Å². The quantitative estimate of drug-likeness (QED) is 0.540. The number of furan rings is 1. The number of benzene rings is 1. The van der Waals surface area contributed by atoms with E-state index < -0.39 is 5.56 Å². The fourth-order valence-corrected chi connectivity index (χ4v) is 3.47. The topological polar surface area (TPSA) is 77.5 Å². The third-order valence-corrected chi connectivity index (χ3v) is 4.87. The molecule has 4 aromatic rings. The van der Waals surface area contributed by atoms with Crippen LogP contribution in [0.1, 0.15) is 11.5 Å². The van der Waals surface area contributed by atoms with E-state index in [1.54, 1.807) is 24.3 Å². The molecule has 0 aliphatic carbocycles. The van der Waals surface area contributed by atoms with Crippen LogP contribution in [0.5, 0.6) is 0 Å². The zero-order valence-corrected chi connectivity index (χ0v) is 14.5. The fraction of sp³-hybridized carbons (Fsp3) is 0.0588. The molecule has 0 bridgehead atoms. The zero-order chi connectivity index (χ0) is 17.6. The van der Waals surface area contributed by atoms with Gasteiger partial charge >= 0.3 is 0 Å². The van der Waals surface area contributed by atoms with Crippen molar-refractivity contribution >= 4 is 34.0 Å². The highest BCUT2D eigenvalue weighted by Gasteiger charge is 2.10. The number of thiazole rings is 1. The van der Waals surface area contributed by atoms with E-state index in [1.165, 1.54) is 6.92 Å². The Morgan fingerprint density at radius 1 is 1.20 bits per heavy atom. The van der Waals surface area contributed by atoms with Crippen LogP contribution in [-0.4, -0.2) is 14.6 Å². The first-order chi connectivity index (χ1) is 12.0. The van der Waals surface area contributed by atoms with E-state index in [1.807, 2.05) is 18.2 Å². The van der Waals surface area contributed by atoms with E-state index in [2.05, 4.69) is 10.1 Å². The lowest BCUT2D eigenvalue weighted by molar-refractivity contribution is 0.571. The van der Waals surface area contributed by atoms with Gasteiger partial charge in [0.25, 0.3) is 11.1 Å². The molecule has 0 N–H and O–H groups in total. The number of hydrogen-bond acceptors (Lipinski definition) is 6. The number of fused-ring (bicyclic) bond motifs is 1. The van der Waals surface area contributed by atoms with Gasteiger partial charge in [0, 0.05) is 11.6 Å². The van der Waals surface area contributed by atoms with E-state index in [9.17, 15) is 9.59 Å². The van der Waals surface area contributed by atoms with Crippen molar-refractivity contribution in [3.63, 3.8) is 0 Å². The van der Waals surface area contributed by atoms with Crippen LogP contribution in [0.15, 0.2) is 50.4 Å². The van der Waals surface area contributed by atoms with Crippen LogP contribution in [0.2, 0.25) is 5.02 Å². The summed E-state index contributed by atoms with van der Waals surface area (Å²) in [5.74, 6) is 1.10. The molecular formula is C17H10ClN3O3S. The van der Waals surface area contributed by atoms with Crippen LogP contribution in [0.4, 0.5) is 0 Å². The molecule has 0 fully saturated rings. The van der Waals surface area contributed by atoms with Crippen molar-refractivity contribution in [2.75, 3.05) is 0 Å². The molecule has 25 heavy (non-hydrogen) atoms. The average molecular weight is 372 g/mol. The molecule has 8 heteroatoms. The first kappa shape index (κ1) is 15.7. The Hall–Kier alpha value is -2.77. The number of hydrogen-bond donors (Lipinski definition) is 0. The predicted molar refractivity (Wildman–Crippen MR) is 96.1 cm³/mol. The van der Waals surface area contributed by atoms with Gasteiger partial charge in [-0.2, -0.15) is 14.6 Å². The van der Waals surface area contributed by atoms with Crippen molar-refractivity contribution in [2.24, 2.45) is 0 Å². The van der Waals surface area contributed by atoms with Crippen LogP contribution in [0.3, 0.4) is 0 Å². The number of rotatable bonds is 2. The average Bonchev–Trinajstić information content (AvgIpc) is 3.16. The van der Waals surface area contributed by atoms with Crippen LogP contribution in [0.25, 0.3) is 22.4 Å². The summed E-state index contributed by atoms with van der Waals surface area (Å²) in [6, 6.07) is 10.9.